The molecule has 1 heterocycles. The number of ether oxygens (including phenoxy) is 1. The fourth-order valence-electron chi connectivity index (χ4n) is 1.40. The summed E-state index contributed by atoms with van der Waals surface area (Å²) in [5, 5.41) is 0. The number of hydrogen-bond acceptors (Lipinski definition) is 3. The first-order valence-corrected chi connectivity index (χ1v) is 4.54. The van der Waals surface area contributed by atoms with Crippen LogP contribution in [0.15, 0.2) is 12.1 Å². The highest BCUT2D eigenvalue weighted by Gasteiger charge is 2.12. The van der Waals surface area contributed by atoms with Crippen LogP contribution in [0.1, 0.15) is 23.1 Å². The van der Waals surface area contributed by atoms with Crippen molar-refractivity contribution in [2.24, 2.45) is 12.8 Å². The molecule has 0 aliphatic heterocycles. The molecular weight excluding hydrogens is 180 g/mol. The van der Waals surface area contributed by atoms with E-state index in [1.807, 2.05) is 24.6 Å². The van der Waals surface area contributed by atoms with Gasteiger partial charge in [0.25, 0.3) is 0 Å². The van der Waals surface area contributed by atoms with E-state index in [4.69, 9.17) is 5.73 Å². The Bertz CT molecular complexity index is 329. The summed E-state index contributed by atoms with van der Waals surface area (Å²) in [5.41, 5.74) is 7.28. The van der Waals surface area contributed by atoms with Crippen LogP contribution in [-0.4, -0.2) is 23.7 Å². The van der Waals surface area contributed by atoms with Crippen molar-refractivity contribution in [1.29, 1.82) is 0 Å². The summed E-state index contributed by atoms with van der Waals surface area (Å²) in [6, 6.07) is 3.74. The Hall–Kier alpha value is -1.29. The summed E-state index contributed by atoms with van der Waals surface area (Å²) in [6.45, 7) is 1.94. The molecule has 0 aliphatic rings. The maximum absolute atomic E-state index is 11.3. The number of aromatic nitrogens is 1. The van der Waals surface area contributed by atoms with Gasteiger partial charge in [-0.25, -0.2) is 4.79 Å². The molecule has 1 rings (SSSR count). The normalized spacial score (nSPS) is 12.6. The van der Waals surface area contributed by atoms with Gasteiger partial charge in [-0.05, 0) is 19.1 Å². The van der Waals surface area contributed by atoms with Crippen molar-refractivity contribution in [2.45, 2.75) is 19.4 Å². The zero-order chi connectivity index (χ0) is 10.7. The van der Waals surface area contributed by atoms with Crippen LogP contribution in [0.5, 0.6) is 0 Å². The maximum Gasteiger partial charge on any atom is 0.354 e. The van der Waals surface area contributed by atoms with Crippen LogP contribution in [-0.2, 0) is 18.2 Å². The molecule has 0 aliphatic carbocycles. The molecule has 4 nitrogen and oxygen atoms in total. The summed E-state index contributed by atoms with van der Waals surface area (Å²) in [6.07, 6.45) is 0.757. The number of rotatable bonds is 3. The van der Waals surface area contributed by atoms with E-state index in [1.165, 1.54) is 7.11 Å². The molecule has 14 heavy (non-hydrogen) atoms. The van der Waals surface area contributed by atoms with Gasteiger partial charge in [0.05, 0.1) is 7.11 Å². The SMILES string of the molecule is COC(=O)c1ccc(C[C@@H](C)N)n1C. The molecule has 0 fully saturated rings. The number of carbonyl (C=O) groups is 1. The van der Waals surface area contributed by atoms with Gasteiger partial charge in [0, 0.05) is 25.2 Å². The van der Waals surface area contributed by atoms with Crippen molar-refractivity contribution in [2.75, 3.05) is 7.11 Å². The molecule has 4 heteroatoms. The van der Waals surface area contributed by atoms with Gasteiger partial charge >= 0.3 is 5.97 Å². The lowest BCUT2D eigenvalue weighted by Gasteiger charge is -2.08. The summed E-state index contributed by atoms with van der Waals surface area (Å²) in [4.78, 5) is 11.3. The topological polar surface area (TPSA) is 57.2 Å². The van der Waals surface area contributed by atoms with E-state index in [-0.39, 0.29) is 12.0 Å². The Morgan fingerprint density at radius 2 is 2.29 bits per heavy atom. The molecule has 0 amide bonds. The van der Waals surface area contributed by atoms with E-state index in [9.17, 15) is 4.79 Å². The number of nitrogens with two attached hydrogens (primary N) is 1. The van der Waals surface area contributed by atoms with Crippen LogP contribution in [0.2, 0.25) is 0 Å². The molecular formula is C10H16N2O2. The van der Waals surface area contributed by atoms with E-state index < -0.39 is 0 Å². The molecule has 1 atom stereocenters. The monoisotopic (exact) mass is 196 g/mol. The number of hydrogen-bond donors (Lipinski definition) is 1. The van der Waals surface area contributed by atoms with Gasteiger partial charge in [-0.3, -0.25) is 0 Å². The lowest BCUT2D eigenvalue weighted by molar-refractivity contribution is 0.0589. The van der Waals surface area contributed by atoms with E-state index >= 15 is 0 Å². The Morgan fingerprint density at radius 3 is 2.79 bits per heavy atom. The first kappa shape index (κ1) is 10.8. The predicted molar refractivity (Wildman–Crippen MR) is 54.1 cm³/mol. The van der Waals surface area contributed by atoms with Crippen LogP contribution >= 0.6 is 0 Å². The first-order chi connectivity index (χ1) is 6.56. The smallest absolute Gasteiger partial charge is 0.354 e. The van der Waals surface area contributed by atoms with Crippen molar-refractivity contribution in [3.05, 3.63) is 23.5 Å². The third kappa shape index (κ3) is 2.14. The summed E-state index contributed by atoms with van der Waals surface area (Å²) in [5.74, 6) is -0.316. The number of esters is 1. The minimum atomic E-state index is -0.316. The van der Waals surface area contributed by atoms with Crippen LogP contribution in [0, 0.1) is 0 Å². The highest BCUT2D eigenvalue weighted by Crippen LogP contribution is 2.09. The molecule has 0 spiro atoms. The second kappa shape index (κ2) is 4.28. The van der Waals surface area contributed by atoms with Gasteiger partial charge in [0.15, 0.2) is 0 Å². The molecule has 0 unspecified atom stereocenters. The lowest BCUT2D eigenvalue weighted by atomic mass is 10.2. The second-order valence-electron chi connectivity index (χ2n) is 3.44. The van der Waals surface area contributed by atoms with Gasteiger partial charge in [-0.15, -0.1) is 0 Å². The number of nitrogens with zero attached hydrogens (tertiary/aromatic N) is 1. The fourth-order valence-corrected chi connectivity index (χ4v) is 1.40. The van der Waals surface area contributed by atoms with Crippen LogP contribution in [0.25, 0.3) is 0 Å². The molecule has 78 valence electrons. The van der Waals surface area contributed by atoms with Crippen molar-refractivity contribution < 1.29 is 9.53 Å². The zero-order valence-electron chi connectivity index (χ0n) is 8.78. The van der Waals surface area contributed by atoms with Gasteiger partial charge in [-0.1, -0.05) is 0 Å². The van der Waals surface area contributed by atoms with Crippen LogP contribution < -0.4 is 5.73 Å². The highest BCUT2D eigenvalue weighted by molar-refractivity contribution is 5.87. The lowest BCUT2D eigenvalue weighted by Crippen LogP contribution is -2.20. The highest BCUT2D eigenvalue weighted by atomic mass is 16.5. The molecule has 0 radical (unpaired) electrons. The largest absolute Gasteiger partial charge is 0.464 e. The van der Waals surface area contributed by atoms with Crippen molar-refractivity contribution in [3.8, 4) is 0 Å². The van der Waals surface area contributed by atoms with E-state index in [0.29, 0.717) is 5.69 Å². The number of carbonyl (C=O) groups excluding carboxylic acids is 1. The summed E-state index contributed by atoms with van der Waals surface area (Å²) < 4.78 is 6.46. The third-order valence-electron chi connectivity index (χ3n) is 2.15. The van der Waals surface area contributed by atoms with Gasteiger partial charge in [0.1, 0.15) is 5.69 Å². The predicted octanol–water partition coefficient (Wildman–Crippen LogP) is 0.701. The molecule has 0 saturated carbocycles. The second-order valence-corrected chi connectivity index (χ2v) is 3.44. The Balaban J connectivity index is 2.90. The van der Waals surface area contributed by atoms with Gasteiger partial charge in [-0.2, -0.15) is 0 Å². The minimum absolute atomic E-state index is 0.0918. The van der Waals surface area contributed by atoms with Crippen molar-refractivity contribution in [3.63, 3.8) is 0 Å². The van der Waals surface area contributed by atoms with Crippen molar-refractivity contribution in [1.82, 2.24) is 4.57 Å². The van der Waals surface area contributed by atoms with Crippen LogP contribution in [0.3, 0.4) is 0 Å². The van der Waals surface area contributed by atoms with E-state index in [2.05, 4.69) is 4.74 Å². The zero-order valence-corrected chi connectivity index (χ0v) is 8.78. The average Bonchev–Trinajstić information content (AvgIpc) is 2.46. The Labute approximate surface area is 83.7 Å². The fraction of sp³-hybridized carbons (Fsp3) is 0.500. The quantitative estimate of drug-likeness (QED) is 0.724. The van der Waals surface area contributed by atoms with Gasteiger partial charge < -0.3 is 15.0 Å². The summed E-state index contributed by atoms with van der Waals surface area (Å²) in [7, 11) is 3.21. The van der Waals surface area contributed by atoms with Crippen molar-refractivity contribution >= 4 is 5.97 Å². The standard InChI is InChI=1S/C10H16N2O2/c1-7(11)6-8-4-5-9(12(8)2)10(13)14-3/h4-5,7H,6,11H2,1-3H3/t7-/m1/s1. The molecule has 1 aromatic heterocycles. The molecule has 0 aromatic carbocycles. The molecule has 0 saturated heterocycles. The maximum atomic E-state index is 11.3. The van der Waals surface area contributed by atoms with Gasteiger partial charge in [0.2, 0.25) is 0 Å². The average molecular weight is 196 g/mol. The number of methoxy groups -OCH3 is 1. The third-order valence-corrected chi connectivity index (χ3v) is 2.15. The van der Waals surface area contributed by atoms with E-state index in [1.54, 1.807) is 6.07 Å². The molecule has 2 N–H and O–H groups in total. The van der Waals surface area contributed by atoms with E-state index in [0.717, 1.165) is 12.1 Å². The first-order valence-electron chi connectivity index (χ1n) is 4.54. The molecule has 0 bridgehead atoms. The van der Waals surface area contributed by atoms with Crippen LogP contribution in [0.4, 0.5) is 0 Å². The molecule has 1 aromatic rings. The summed E-state index contributed by atoms with van der Waals surface area (Å²) >= 11 is 0. The minimum Gasteiger partial charge on any atom is -0.464 e. The Kier molecular flexibility index (Phi) is 3.30. The Morgan fingerprint density at radius 1 is 1.64 bits per heavy atom.